The van der Waals surface area contributed by atoms with Crippen LogP contribution in [0.1, 0.15) is 63.5 Å². The van der Waals surface area contributed by atoms with Gasteiger partial charge in [0.1, 0.15) is 5.82 Å². The van der Waals surface area contributed by atoms with Gasteiger partial charge in [0.15, 0.2) is 0 Å². The lowest BCUT2D eigenvalue weighted by Gasteiger charge is -2.34. The minimum atomic E-state index is -0.201. The Morgan fingerprint density at radius 3 is 2.58 bits per heavy atom. The van der Waals surface area contributed by atoms with Crippen LogP contribution in [0.15, 0.2) is 12.3 Å². The Hall–Kier alpha value is -1.46. The topological polar surface area (TPSA) is 54.5 Å². The lowest BCUT2D eigenvalue weighted by molar-refractivity contribution is -0.127. The molecule has 5 heteroatoms. The number of ether oxygens (including phenoxy) is 1. The number of anilines is 1. The zero-order valence-corrected chi connectivity index (χ0v) is 16.4. The number of nitrogens with one attached hydrogen (secondary N) is 1. The lowest BCUT2D eigenvalue weighted by atomic mass is 9.71. The van der Waals surface area contributed by atoms with Gasteiger partial charge in [-0.3, -0.25) is 9.69 Å². The molecule has 1 saturated heterocycles. The molecule has 2 heterocycles. The van der Waals surface area contributed by atoms with Crippen LogP contribution in [0.5, 0.6) is 0 Å². The molecule has 2 fully saturated rings. The van der Waals surface area contributed by atoms with Gasteiger partial charge in [-0.1, -0.05) is 33.1 Å². The van der Waals surface area contributed by atoms with Crippen molar-refractivity contribution in [1.29, 1.82) is 0 Å². The van der Waals surface area contributed by atoms with Gasteiger partial charge < -0.3 is 10.1 Å². The van der Waals surface area contributed by atoms with E-state index in [4.69, 9.17) is 4.74 Å². The summed E-state index contributed by atoms with van der Waals surface area (Å²) in [6.07, 6.45) is 9.38. The highest BCUT2D eigenvalue weighted by molar-refractivity contribution is 5.94. The van der Waals surface area contributed by atoms with Gasteiger partial charge in [0.2, 0.25) is 5.91 Å². The van der Waals surface area contributed by atoms with Gasteiger partial charge in [0.25, 0.3) is 0 Å². The average molecular weight is 360 g/mol. The van der Waals surface area contributed by atoms with Crippen LogP contribution in [-0.2, 0) is 22.5 Å². The maximum Gasteiger partial charge on any atom is 0.231 e. The molecule has 0 atom stereocenters. The Balaban J connectivity index is 1.73. The van der Waals surface area contributed by atoms with Crippen molar-refractivity contribution in [2.45, 2.75) is 65.3 Å². The van der Waals surface area contributed by atoms with E-state index in [0.717, 1.165) is 71.4 Å². The van der Waals surface area contributed by atoms with E-state index in [1.54, 1.807) is 0 Å². The Bertz CT molecular complexity index is 605. The van der Waals surface area contributed by atoms with Gasteiger partial charge in [-0.05, 0) is 42.9 Å². The van der Waals surface area contributed by atoms with E-state index in [1.807, 2.05) is 6.20 Å². The van der Waals surface area contributed by atoms with Gasteiger partial charge in [-0.25, -0.2) is 4.98 Å². The number of rotatable bonds is 6. The smallest absolute Gasteiger partial charge is 0.231 e. The summed E-state index contributed by atoms with van der Waals surface area (Å²) in [5.74, 6) is 0.864. The minimum absolute atomic E-state index is 0.161. The summed E-state index contributed by atoms with van der Waals surface area (Å²) in [5.41, 5.74) is 2.33. The molecular formula is C21H33N3O2. The third-order valence-electron chi connectivity index (χ3n) is 6.17. The molecular weight excluding hydrogens is 326 g/mol. The monoisotopic (exact) mass is 359 g/mol. The fourth-order valence-electron chi connectivity index (χ4n) is 4.28. The van der Waals surface area contributed by atoms with Gasteiger partial charge >= 0.3 is 0 Å². The van der Waals surface area contributed by atoms with E-state index in [-0.39, 0.29) is 11.3 Å². The number of hydrogen-bond acceptors (Lipinski definition) is 4. The van der Waals surface area contributed by atoms with Crippen molar-refractivity contribution >= 4 is 11.7 Å². The molecule has 1 amide bonds. The van der Waals surface area contributed by atoms with Crippen molar-refractivity contribution in [1.82, 2.24) is 9.88 Å². The van der Waals surface area contributed by atoms with Crippen molar-refractivity contribution in [3.63, 3.8) is 0 Å². The van der Waals surface area contributed by atoms with Crippen LogP contribution >= 0.6 is 0 Å². The largest absolute Gasteiger partial charge is 0.379 e. The first-order chi connectivity index (χ1) is 12.7. The molecule has 1 aliphatic carbocycles. The number of carbonyl (C=O) groups is 1. The summed E-state index contributed by atoms with van der Waals surface area (Å²) in [6.45, 7) is 8.73. The third-order valence-corrected chi connectivity index (χ3v) is 6.17. The fourth-order valence-corrected chi connectivity index (χ4v) is 4.28. The Labute approximate surface area is 157 Å². The zero-order chi connectivity index (χ0) is 18.4. The molecule has 144 valence electrons. The molecule has 0 bridgehead atoms. The summed E-state index contributed by atoms with van der Waals surface area (Å²) >= 11 is 0. The van der Waals surface area contributed by atoms with Crippen LogP contribution in [0.2, 0.25) is 0 Å². The number of pyridine rings is 1. The molecule has 26 heavy (non-hydrogen) atoms. The summed E-state index contributed by atoms with van der Waals surface area (Å²) < 4.78 is 5.45. The van der Waals surface area contributed by atoms with E-state index in [9.17, 15) is 4.79 Å². The SMILES string of the molecule is CCc1cnc(NC(=O)C2(CC)CCCCC2)cc1CN1CCOCC1. The van der Waals surface area contributed by atoms with Crippen LogP contribution in [0.25, 0.3) is 0 Å². The summed E-state index contributed by atoms with van der Waals surface area (Å²) in [5, 5.41) is 3.14. The Morgan fingerprint density at radius 1 is 1.19 bits per heavy atom. The maximum atomic E-state index is 13.0. The number of aryl methyl sites for hydroxylation is 1. The van der Waals surface area contributed by atoms with Crippen molar-refractivity contribution < 1.29 is 9.53 Å². The second-order valence-corrected chi connectivity index (χ2v) is 7.73. The molecule has 1 aliphatic heterocycles. The van der Waals surface area contributed by atoms with Crippen LogP contribution in [-0.4, -0.2) is 42.1 Å². The molecule has 1 N–H and O–H groups in total. The Kier molecular flexibility index (Phi) is 6.65. The predicted octanol–water partition coefficient (Wildman–Crippen LogP) is 3.78. The molecule has 2 aliphatic rings. The first kappa shape index (κ1) is 19.3. The second kappa shape index (κ2) is 8.96. The summed E-state index contributed by atoms with van der Waals surface area (Å²) in [6, 6.07) is 2.08. The highest BCUT2D eigenvalue weighted by Gasteiger charge is 2.37. The number of aromatic nitrogens is 1. The van der Waals surface area contributed by atoms with E-state index in [0.29, 0.717) is 5.82 Å². The summed E-state index contributed by atoms with van der Waals surface area (Å²) in [4.78, 5) is 19.9. The first-order valence-electron chi connectivity index (χ1n) is 10.3. The fraction of sp³-hybridized carbons (Fsp3) is 0.714. The molecule has 0 spiro atoms. The minimum Gasteiger partial charge on any atom is -0.379 e. The number of morpholine rings is 1. The molecule has 0 aromatic carbocycles. The van der Waals surface area contributed by atoms with Gasteiger partial charge in [-0.15, -0.1) is 0 Å². The van der Waals surface area contributed by atoms with Crippen LogP contribution < -0.4 is 5.32 Å². The Morgan fingerprint density at radius 2 is 1.92 bits per heavy atom. The molecule has 0 unspecified atom stereocenters. The third kappa shape index (κ3) is 4.44. The number of carbonyl (C=O) groups excluding carboxylic acids is 1. The quantitative estimate of drug-likeness (QED) is 0.840. The number of hydrogen-bond donors (Lipinski definition) is 1. The lowest BCUT2D eigenvalue weighted by Crippen LogP contribution is -2.38. The molecule has 5 nitrogen and oxygen atoms in total. The number of amides is 1. The van der Waals surface area contributed by atoms with Crippen LogP contribution in [0, 0.1) is 5.41 Å². The number of nitrogens with zero attached hydrogens (tertiary/aromatic N) is 2. The van der Waals surface area contributed by atoms with Crippen molar-refractivity contribution in [2.75, 3.05) is 31.6 Å². The standard InChI is InChI=1S/C21H33N3O2/c1-3-17-15-22-19(14-18(17)16-24-10-12-26-13-11-24)23-20(25)21(4-2)8-6-5-7-9-21/h14-15H,3-13,16H2,1-2H3,(H,22,23,25). The van der Waals surface area contributed by atoms with Gasteiger partial charge in [-0.2, -0.15) is 0 Å². The van der Waals surface area contributed by atoms with E-state index in [1.165, 1.54) is 17.5 Å². The molecule has 1 aromatic heterocycles. The molecule has 1 saturated carbocycles. The zero-order valence-electron chi connectivity index (χ0n) is 16.4. The first-order valence-corrected chi connectivity index (χ1v) is 10.3. The highest BCUT2D eigenvalue weighted by atomic mass is 16.5. The van der Waals surface area contributed by atoms with E-state index >= 15 is 0 Å². The molecule has 0 radical (unpaired) electrons. The second-order valence-electron chi connectivity index (χ2n) is 7.73. The van der Waals surface area contributed by atoms with Crippen molar-refractivity contribution in [3.05, 3.63) is 23.4 Å². The molecule has 1 aromatic rings. The molecule has 3 rings (SSSR count). The van der Waals surface area contributed by atoms with Crippen LogP contribution in [0.3, 0.4) is 0 Å². The van der Waals surface area contributed by atoms with E-state index < -0.39 is 0 Å². The average Bonchev–Trinajstić information content (AvgIpc) is 2.69. The van der Waals surface area contributed by atoms with Crippen LogP contribution in [0.4, 0.5) is 5.82 Å². The predicted molar refractivity (Wildman–Crippen MR) is 104 cm³/mol. The normalized spacial score (nSPS) is 20.7. The van der Waals surface area contributed by atoms with Crippen molar-refractivity contribution in [2.24, 2.45) is 5.41 Å². The van der Waals surface area contributed by atoms with Crippen molar-refractivity contribution in [3.8, 4) is 0 Å². The maximum absolute atomic E-state index is 13.0. The summed E-state index contributed by atoms with van der Waals surface area (Å²) in [7, 11) is 0. The van der Waals surface area contributed by atoms with Gasteiger partial charge in [0, 0.05) is 31.2 Å². The highest BCUT2D eigenvalue weighted by Crippen LogP contribution is 2.40. The van der Waals surface area contributed by atoms with E-state index in [2.05, 4.69) is 35.1 Å². The van der Waals surface area contributed by atoms with Gasteiger partial charge in [0.05, 0.1) is 13.2 Å².